The minimum absolute atomic E-state index is 0.183. The Balaban J connectivity index is 1.47. The molecule has 0 unspecified atom stereocenters. The molecule has 0 spiro atoms. The number of rotatable bonds is 5. The highest BCUT2D eigenvalue weighted by atomic mass is 16.2. The molecule has 0 atom stereocenters. The Hall–Kier alpha value is -3.74. The Morgan fingerprint density at radius 2 is 1.86 bits per heavy atom. The van der Waals surface area contributed by atoms with Crippen LogP contribution in [-0.2, 0) is 13.1 Å². The number of para-hydroxylation sites is 2. The molecule has 7 nitrogen and oxygen atoms in total. The number of benzene rings is 2. The van der Waals surface area contributed by atoms with E-state index in [9.17, 15) is 9.59 Å². The molecule has 7 heteroatoms. The smallest absolute Gasteiger partial charge is 0.272 e. The van der Waals surface area contributed by atoms with Crippen molar-refractivity contribution in [1.82, 2.24) is 25.1 Å². The number of hydrogen-bond acceptors (Lipinski definition) is 4. The molecular formula is C21H19N5O2. The van der Waals surface area contributed by atoms with Gasteiger partial charge in [-0.3, -0.25) is 9.59 Å². The minimum atomic E-state index is -0.363. The maximum atomic E-state index is 12.5. The maximum Gasteiger partial charge on any atom is 0.272 e. The Kier molecular flexibility index (Phi) is 4.72. The third-order valence-corrected chi connectivity index (χ3v) is 4.41. The second kappa shape index (κ2) is 7.48. The molecule has 0 fully saturated rings. The Labute approximate surface area is 161 Å². The molecule has 0 radical (unpaired) electrons. The molecule has 2 aromatic carbocycles. The van der Waals surface area contributed by atoms with Gasteiger partial charge in [0.25, 0.3) is 11.5 Å². The number of amides is 1. The van der Waals surface area contributed by atoms with Crippen LogP contribution in [0.3, 0.4) is 0 Å². The average molecular weight is 373 g/mol. The highest BCUT2D eigenvalue weighted by molar-refractivity contribution is 5.92. The lowest BCUT2D eigenvalue weighted by Gasteiger charge is -2.08. The summed E-state index contributed by atoms with van der Waals surface area (Å²) in [6, 6.07) is 18.3. The number of imidazole rings is 1. The van der Waals surface area contributed by atoms with Crippen LogP contribution in [0.1, 0.15) is 27.4 Å². The van der Waals surface area contributed by atoms with Crippen LogP contribution >= 0.6 is 0 Å². The molecule has 2 heterocycles. The highest BCUT2D eigenvalue weighted by Crippen LogP contribution is 2.10. The summed E-state index contributed by atoms with van der Waals surface area (Å²) in [6.45, 7) is 2.55. The van der Waals surface area contributed by atoms with E-state index >= 15 is 0 Å². The van der Waals surface area contributed by atoms with E-state index in [1.807, 2.05) is 55.5 Å². The monoisotopic (exact) mass is 373 g/mol. The molecule has 0 saturated carbocycles. The van der Waals surface area contributed by atoms with Crippen molar-refractivity contribution in [1.29, 1.82) is 0 Å². The summed E-state index contributed by atoms with van der Waals surface area (Å²) in [6.07, 6.45) is 0. The van der Waals surface area contributed by atoms with E-state index in [1.54, 1.807) is 0 Å². The fraction of sp³-hybridized carbons (Fsp3) is 0.143. The van der Waals surface area contributed by atoms with Crippen LogP contribution in [0.2, 0.25) is 0 Å². The summed E-state index contributed by atoms with van der Waals surface area (Å²) in [7, 11) is 0. The van der Waals surface area contributed by atoms with E-state index in [1.165, 1.54) is 16.8 Å². The molecule has 1 amide bonds. The lowest BCUT2D eigenvalue weighted by Crippen LogP contribution is -2.29. The molecular weight excluding hydrogens is 354 g/mol. The summed E-state index contributed by atoms with van der Waals surface area (Å²) < 4.78 is 1.29. The minimum Gasteiger partial charge on any atom is -0.343 e. The van der Waals surface area contributed by atoms with Gasteiger partial charge in [0.1, 0.15) is 11.5 Å². The van der Waals surface area contributed by atoms with Gasteiger partial charge in [0, 0.05) is 6.07 Å². The predicted molar refractivity (Wildman–Crippen MR) is 106 cm³/mol. The third-order valence-electron chi connectivity index (χ3n) is 4.41. The lowest BCUT2D eigenvalue weighted by molar-refractivity contribution is 0.0942. The molecule has 28 heavy (non-hydrogen) atoms. The second-order valence-electron chi connectivity index (χ2n) is 6.58. The summed E-state index contributed by atoms with van der Waals surface area (Å²) in [5, 5.41) is 6.99. The average Bonchev–Trinajstić information content (AvgIpc) is 3.12. The molecule has 4 aromatic rings. The number of carbonyl (C=O) groups excluding carboxylic acids is 1. The summed E-state index contributed by atoms with van der Waals surface area (Å²) in [5.41, 5.74) is 3.77. The Bertz CT molecular complexity index is 1160. The van der Waals surface area contributed by atoms with Crippen LogP contribution in [0.5, 0.6) is 0 Å². The first-order valence-electron chi connectivity index (χ1n) is 8.94. The van der Waals surface area contributed by atoms with Crippen LogP contribution < -0.4 is 10.9 Å². The lowest BCUT2D eigenvalue weighted by atomic mass is 10.1. The number of aromatic amines is 1. The fourth-order valence-electron chi connectivity index (χ4n) is 2.89. The van der Waals surface area contributed by atoms with Crippen LogP contribution in [0, 0.1) is 6.92 Å². The molecule has 0 aliphatic heterocycles. The van der Waals surface area contributed by atoms with E-state index in [4.69, 9.17) is 0 Å². The Morgan fingerprint density at radius 1 is 1.07 bits per heavy atom. The molecule has 2 aromatic heterocycles. The van der Waals surface area contributed by atoms with Gasteiger partial charge in [0.05, 0.1) is 24.1 Å². The molecule has 0 saturated heterocycles. The molecule has 0 bridgehead atoms. The summed E-state index contributed by atoms with van der Waals surface area (Å²) in [5.74, 6) is 0.292. The van der Waals surface area contributed by atoms with Crippen molar-refractivity contribution in [2.24, 2.45) is 0 Å². The van der Waals surface area contributed by atoms with Gasteiger partial charge in [-0.2, -0.15) is 5.10 Å². The molecule has 2 N–H and O–H groups in total. The van der Waals surface area contributed by atoms with Gasteiger partial charge in [-0.1, -0.05) is 42.0 Å². The maximum absolute atomic E-state index is 12.5. The zero-order chi connectivity index (χ0) is 19.5. The number of hydrogen-bond donors (Lipinski definition) is 2. The SMILES string of the molecule is Cc1ccc(Cn2nc(C(=O)NCc3nc4ccccc4[nH]3)ccc2=O)cc1. The van der Waals surface area contributed by atoms with Gasteiger partial charge >= 0.3 is 0 Å². The number of nitrogens with zero attached hydrogens (tertiary/aromatic N) is 3. The van der Waals surface area contributed by atoms with Gasteiger partial charge in [-0.05, 0) is 30.7 Å². The van der Waals surface area contributed by atoms with Crippen molar-refractivity contribution in [3.8, 4) is 0 Å². The first-order chi connectivity index (χ1) is 13.6. The van der Waals surface area contributed by atoms with Crippen molar-refractivity contribution < 1.29 is 4.79 Å². The van der Waals surface area contributed by atoms with Gasteiger partial charge in [0.2, 0.25) is 0 Å². The van der Waals surface area contributed by atoms with E-state index in [0.29, 0.717) is 12.4 Å². The van der Waals surface area contributed by atoms with Crippen LogP contribution in [0.4, 0.5) is 0 Å². The fourth-order valence-corrected chi connectivity index (χ4v) is 2.89. The zero-order valence-corrected chi connectivity index (χ0v) is 15.3. The predicted octanol–water partition coefficient (Wildman–Crippen LogP) is 2.41. The molecule has 4 rings (SSSR count). The van der Waals surface area contributed by atoms with Crippen molar-refractivity contribution in [3.63, 3.8) is 0 Å². The van der Waals surface area contributed by atoms with Crippen molar-refractivity contribution in [2.75, 3.05) is 0 Å². The van der Waals surface area contributed by atoms with Crippen molar-refractivity contribution >= 4 is 16.9 Å². The van der Waals surface area contributed by atoms with Gasteiger partial charge in [0.15, 0.2) is 0 Å². The molecule has 140 valence electrons. The molecule has 0 aliphatic carbocycles. The van der Waals surface area contributed by atoms with Crippen molar-refractivity contribution in [2.45, 2.75) is 20.0 Å². The van der Waals surface area contributed by atoms with E-state index < -0.39 is 0 Å². The third kappa shape index (κ3) is 3.83. The normalized spacial score (nSPS) is 10.9. The number of nitrogens with one attached hydrogen (secondary N) is 2. The van der Waals surface area contributed by atoms with E-state index in [0.717, 1.165) is 22.2 Å². The summed E-state index contributed by atoms with van der Waals surface area (Å²) in [4.78, 5) is 32.1. The first-order valence-corrected chi connectivity index (χ1v) is 8.94. The number of aromatic nitrogens is 4. The first kappa shape index (κ1) is 17.7. The zero-order valence-electron chi connectivity index (χ0n) is 15.3. The van der Waals surface area contributed by atoms with Crippen LogP contribution in [0.15, 0.2) is 65.5 Å². The Morgan fingerprint density at radius 3 is 2.64 bits per heavy atom. The highest BCUT2D eigenvalue weighted by Gasteiger charge is 2.11. The van der Waals surface area contributed by atoms with E-state index in [-0.39, 0.29) is 23.7 Å². The van der Waals surface area contributed by atoms with Gasteiger partial charge in [-0.15, -0.1) is 0 Å². The molecule has 0 aliphatic rings. The number of aryl methyl sites for hydroxylation is 1. The number of H-pyrrole nitrogens is 1. The van der Waals surface area contributed by atoms with Crippen molar-refractivity contribution in [3.05, 3.63) is 93.7 Å². The summed E-state index contributed by atoms with van der Waals surface area (Å²) >= 11 is 0. The number of carbonyl (C=O) groups is 1. The van der Waals surface area contributed by atoms with Crippen LogP contribution in [-0.4, -0.2) is 25.7 Å². The van der Waals surface area contributed by atoms with Crippen LogP contribution in [0.25, 0.3) is 11.0 Å². The van der Waals surface area contributed by atoms with E-state index in [2.05, 4.69) is 20.4 Å². The number of fused-ring (bicyclic) bond motifs is 1. The van der Waals surface area contributed by atoms with Gasteiger partial charge < -0.3 is 10.3 Å². The quantitative estimate of drug-likeness (QED) is 0.562. The van der Waals surface area contributed by atoms with Gasteiger partial charge in [-0.25, -0.2) is 9.67 Å². The largest absolute Gasteiger partial charge is 0.343 e. The standard InChI is InChI=1S/C21H19N5O2/c1-14-6-8-15(9-7-14)13-26-20(27)11-10-18(25-26)21(28)22-12-19-23-16-4-2-3-5-17(16)24-19/h2-11H,12-13H2,1H3,(H,22,28)(H,23,24). The topological polar surface area (TPSA) is 92.7 Å². The second-order valence-corrected chi connectivity index (χ2v) is 6.58.